The molecule has 0 atom stereocenters. The third-order valence-electron chi connectivity index (χ3n) is 3.17. The first-order valence-corrected chi connectivity index (χ1v) is 6.78. The van der Waals surface area contributed by atoms with Gasteiger partial charge in [-0.1, -0.05) is 36.8 Å². The van der Waals surface area contributed by atoms with E-state index in [0.29, 0.717) is 0 Å². The van der Waals surface area contributed by atoms with Crippen LogP contribution in [0.15, 0.2) is 24.3 Å². The SMILES string of the molecule is CCCNc1nc(C)c(C)nc1-c1ccc(C)cc1. The smallest absolute Gasteiger partial charge is 0.152 e. The molecule has 0 spiro atoms. The number of aromatic nitrogens is 2. The molecular formula is C16H21N3. The van der Waals surface area contributed by atoms with Gasteiger partial charge in [-0.3, -0.25) is 0 Å². The van der Waals surface area contributed by atoms with E-state index in [0.717, 1.165) is 41.4 Å². The molecule has 0 unspecified atom stereocenters. The zero-order valence-electron chi connectivity index (χ0n) is 12.1. The second-order valence-corrected chi connectivity index (χ2v) is 4.88. The lowest BCUT2D eigenvalue weighted by Gasteiger charge is -2.12. The van der Waals surface area contributed by atoms with Gasteiger partial charge in [-0.2, -0.15) is 0 Å². The zero-order chi connectivity index (χ0) is 13.8. The van der Waals surface area contributed by atoms with Crippen LogP contribution < -0.4 is 5.32 Å². The van der Waals surface area contributed by atoms with E-state index < -0.39 is 0 Å². The molecule has 0 amide bonds. The Hall–Kier alpha value is -1.90. The molecule has 1 N–H and O–H groups in total. The van der Waals surface area contributed by atoms with E-state index in [1.165, 1.54) is 5.56 Å². The summed E-state index contributed by atoms with van der Waals surface area (Å²) in [6.07, 6.45) is 1.07. The normalized spacial score (nSPS) is 10.5. The molecule has 0 saturated heterocycles. The molecule has 0 aliphatic rings. The quantitative estimate of drug-likeness (QED) is 0.900. The largest absolute Gasteiger partial charge is 0.368 e. The molecule has 0 saturated carbocycles. The van der Waals surface area contributed by atoms with Crippen molar-refractivity contribution in [3.05, 3.63) is 41.2 Å². The minimum Gasteiger partial charge on any atom is -0.368 e. The van der Waals surface area contributed by atoms with Crippen LogP contribution in [0.4, 0.5) is 5.82 Å². The highest BCUT2D eigenvalue weighted by Crippen LogP contribution is 2.25. The third kappa shape index (κ3) is 3.11. The summed E-state index contributed by atoms with van der Waals surface area (Å²) in [6.45, 7) is 9.15. The maximum absolute atomic E-state index is 4.70. The Labute approximate surface area is 115 Å². The first kappa shape index (κ1) is 13.5. The van der Waals surface area contributed by atoms with Crippen LogP contribution in [0.25, 0.3) is 11.3 Å². The highest BCUT2D eigenvalue weighted by Gasteiger charge is 2.10. The molecule has 100 valence electrons. The predicted molar refractivity (Wildman–Crippen MR) is 80.5 cm³/mol. The summed E-state index contributed by atoms with van der Waals surface area (Å²) in [5, 5.41) is 3.37. The molecule has 1 aromatic heterocycles. The number of hydrogen-bond acceptors (Lipinski definition) is 3. The zero-order valence-corrected chi connectivity index (χ0v) is 12.1. The maximum Gasteiger partial charge on any atom is 0.152 e. The average Bonchev–Trinajstić information content (AvgIpc) is 2.41. The van der Waals surface area contributed by atoms with Crippen molar-refractivity contribution in [1.29, 1.82) is 0 Å². The Morgan fingerprint density at radius 3 is 2.21 bits per heavy atom. The summed E-state index contributed by atoms with van der Waals surface area (Å²) in [6, 6.07) is 8.42. The van der Waals surface area contributed by atoms with E-state index in [9.17, 15) is 0 Å². The van der Waals surface area contributed by atoms with Gasteiger partial charge in [0.1, 0.15) is 5.69 Å². The number of aryl methyl sites for hydroxylation is 3. The van der Waals surface area contributed by atoms with Crippen molar-refractivity contribution < 1.29 is 0 Å². The standard InChI is InChI=1S/C16H21N3/c1-5-10-17-16-15(18-12(3)13(4)19-16)14-8-6-11(2)7-9-14/h6-9H,5,10H2,1-4H3,(H,17,19). The van der Waals surface area contributed by atoms with Crippen molar-refractivity contribution in [3.63, 3.8) is 0 Å². The number of benzene rings is 1. The number of nitrogens with one attached hydrogen (secondary N) is 1. The topological polar surface area (TPSA) is 37.8 Å². The molecule has 3 heteroatoms. The minimum absolute atomic E-state index is 0.883. The van der Waals surface area contributed by atoms with Crippen molar-refractivity contribution in [3.8, 4) is 11.3 Å². The van der Waals surface area contributed by atoms with Crippen molar-refractivity contribution in [2.45, 2.75) is 34.1 Å². The Morgan fingerprint density at radius 1 is 0.947 bits per heavy atom. The summed E-state index contributed by atoms with van der Waals surface area (Å²) < 4.78 is 0. The van der Waals surface area contributed by atoms with E-state index in [2.05, 4.69) is 48.4 Å². The summed E-state index contributed by atoms with van der Waals surface area (Å²) in [7, 11) is 0. The number of nitrogens with zero attached hydrogens (tertiary/aromatic N) is 2. The van der Waals surface area contributed by atoms with E-state index in [1.807, 2.05) is 13.8 Å². The van der Waals surface area contributed by atoms with E-state index in [-0.39, 0.29) is 0 Å². The second-order valence-electron chi connectivity index (χ2n) is 4.88. The molecule has 1 heterocycles. The lowest BCUT2D eigenvalue weighted by atomic mass is 10.1. The fourth-order valence-corrected chi connectivity index (χ4v) is 1.88. The van der Waals surface area contributed by atoms with Crippen LogP contribution in [0.1, 0.15) is 30.3 Å². The molecule has 0 radical (unpaired) electrons. The lowest BCUT2D eigenvalue weighted by molar-refractivity contribution is 0.953. The fourth-order valence-electron chi connectivity index (χ4n) is 1.88. The summed E-state index contributed by atoms with van der Waals surface area (Å²) in [4.78, 5) is 9.34. The lowest BCUT2D eigenvalue weighted by Crippen LogP contribution is -2.07. The van der Waals surface area contributed by atoms with Gasteiger partial charge in [0.25, 0.3) is 0 Å². The van der Waals surface area contributed by atoms with E-state index in [1.54, 1.807) is 0 Å². The van der Waals surface area contributed by atoms with E-state index in [4.69, 9.17) is 4.98 Å². The molecule has 0 fully saturated rings. The molecular weight excluding hydrogens is 234 g/mol. The molecule has 19 heavy (non-hydrogen) atoms. The number of anilines is 1. The molecule has 0 aliphatic heterocycles. The van der Waals surface area contributed by atoms with Crippen LogP contribution >= 0.6 is 0 Å². The monoisotopic (exact) mass is 255 g/mol. The van der Waals surface area contributed by atoms with Gasteiger partial charge >= 0.3 is 0 Å². The first-order chi connectivity index (χ1) is 9.11. The van der Waals surface area contributed by atoms with Gasteiger partial charge < -0.3 is 5.32 Å². The molecule has 0 aliphatic carbocycles. The van der Waals surface area contributed by atoms with Gasteiger partial charge in [0.2, 0.25) is 0 Å². The maximum atomic E-state index is 4.70. The second kappa shape index (κ2) is 5.83. The minimum atomic E-state index is 0.883. The molecule has 2 rings (SSSR count). The Kier molecular flexibility index (Phi) is 4.15. The molecule has 1 aromatic carbocycles. The first-order valence-electron chi connectivity index (χ1n) is 6.78. The highest BCUT2D eigenvalue weighted by atomic mass is 15.0. The highest BCUT2D eigenvalue weighted by molar-refractivity contribution is 5.71. The van der Waals surface area contributed by atoms with Gasteiger partial charge in [-0.05, 0) is 27.2 Å². The third-order valence-corrected chi connectivity index (χ3v) is 3.17. The van der Waals surface area contributed by atoms with Crippen LogP contribution in [-0.2, 0) is 0 Å². The Bertz CT molecular complexity index is 559. The van der Waals surface area contributed by atoms with Gasteiger partial charge in [0.05, 0.1) is 11.4 Å². The van der Waals surface area contributed by atoms with Crippen LogP contribution in [0.3, 0.4) is 0 Å². The Morgan fingerprint density at radius 2 is 1.58 bits per heavy atom. The van der Waals surface area contributed by atoms with Gasteiger partial charge in [-0.25, -0.2) is 9.97 Å². The van der Waals surface area contributed by atoms with Crippen LogP contribution in [-0.4, -0.2) is 16.5 Å². The van der Waals surface area contributed by atoms with Crippen molar-refractivity contribution >= 4 is 5.82 Å². The van der Waals surface area contributed by atoms with E-state index >= 15 is 0 Å². The molecule has 2 aromatic rings. The van der Waals surface area contributed by atoms with Gasteiger partial charge in [0.15, 0.2) is 5.82 Å². The summed E-state index contributed by atoms with van der Waals surface area (Å²) in [5.41, 5.74) is 5.27. The summed E-state index contributed by atoms with van der Waals surface area (Å²) in [5.74, 6) is 0.883. The van der Waals surface area contributed by atoms with Gasteiger partial charge in [-0.15, -0.1) is 0 Å². The van der Waals surface area contributed by atoms with Crippen LogP contribution in [0.2, 0.25) is 0 Å². The van der Waals surface area contributed by atoms with Crippen molar-refractivity contribution in [2.24, 2.45) is 0 Å². The van der Waals surface area contributed by atoms with Crippen molar-refractivity contribution in [1.82, 2.24) is 9.97 Å². The Balaban J connectivity index is 2.47. The summed E-state index contributed by atoms with van der Waals surface area (Å²) >= 11 is 0. The van der Waals surface area contributed by atoms with Crippen LogP contribution in [0, 0.1) is 20.8 Å². The number of hydrogen-bond donors (Lipinski definition) is 1. The van der Waals surface area contributed by atoms with Crippen molar-refractivity contribution in [2.75, 3.05) is 11.9 Å². The average molecular weight is 255 g/mol. The fraction of sp³-hybridized carbons (Fsp3) is 0.375. The molecule has 0 bridgehead atoms. The molecule has 3 nitrogen and oxygen atoms in total. The van der Waals surface area contributed by atoms with Crippen LogP contribution in [0.5, 0.6) is 0 Å². The predicted octanol–water partition coefficient (Wildman–Crippen LogP) is 3.89. The van der Waals surface area contributed by atoms with Gasteiger partial charge in [0, 0.05) is 12.1 Å². The number of rotatable bonds is 4.